The van der Waals surface area contributed by atoms with Crippen molar-refractivity contribution in [1.29, 1.82) is 0 Å². The second-order valence-electron chi connectivity index (χ2n) is 12.8. The molecule has 0 N–H and O–H groups in total. The van der Waals surface area contributed by atoms with Crippen LogP contribution in [0.4, 0.5) is 0 Å². The highest BCUT2D eigenvalue weighted by Gasteiger charge is 2.19. The van der Waals surface area contributed by atoms with E-state index in [4.69, 9.17) is 23.2 Å². The fourth-order valence-corrected chi connectivity index (χ4v) is 7.06. The minimum absolute atomic E-state index is 0.0207. The monoisotopic (exact) mass is 682 g/mol. The quantitative estimate of drug-likeness (QED) is 0.175. The van der Waals surface area contributed by atoms with Crippen LogP contribution >= 0.6 is 0 Å². The van der Waals surface area contributed by atoms with E-state index in [0.717, 1.165) is 49.7 Å². The second kappa shape index (κ2) is 12.9. The molecule has 248 valence electrons. The highest BCUT2D eigenvalue weighted by atomic mass is 15.0. The molecule has 0 unspecified atom stereocenters. The van der Waals surface area contributed by atoms with E-state index < -0.39 is 0 Å². The highest BCUT2D eigenvalue weighted by Crippen LogP contribution is 2.40. The van der Waals surface area contributed by atoms with Gasteiger partial charge in [-0.1, -0.05) is 152 Å². The minimum atomic E-state index is -0.163. The molecule has 10 aromatic rings. The number of aromatic nitrogens is 4. The van der Waals surface area contributed by atoms with Crippen LogP contribution in [0.25, 0.3) is 94.7 Å². The maximum absolute atomic E-state index is 9.16. The summed E-state index contributed by atoms with van der Waals surface area (Å²) in [5.41, 5.74) is 7.04. The van der Waals surface area contributed by atoms with Crippen LogP contribution in [-0.4, -0.2) is 19.5 Å². The third-order valence-electron chi connectivity index (χ3n) is 9.55. The molecule has 8 aromatic carbocycles. The van der Waals surface area contributed by atoms with Crippen LogP contribution in [-0.2, 0) is 0 Å². The number of benzene rings is 8. The van der Waals surface area contributed by atoms with E-state index in [1.165, 1.54) is 12.1 Å². The van der Waals surface area contributed by atoms with Crippen LogP contribution in [0.5, 0.6) is 0 Å². The summed E-state index contributed by atoms with van der Waals surface area (Å²) in [5, 5.41) is 2.41. The molecule has 2 heterocycles. The Morgan fingerprint density at radius 2 is 0.849 bits per heavy atom. The summed E-state index contributed by atoms with van der Waals surface area (Å²) in [6.07, 6.45) is 0. The second-order valence-corrected chi connectivity index (χ2v) is 12.8. The molecule has 0 spiro atoms. The Bertz CT molecular complexity index is 3150. The summed E-state index contributed by atoms with van der Waals surface area (Å²) >= 11 is 0. The number of hydrogen-bond acceptors (Lipinski definition) is 3. The predicted molar refractivity (Wildman–Crippen MR) is 219 cm³/mol. The van der Waals surface area contributed by atoms with Crippen LogP contribution in [0.1, 0.15) is 8.22 Å². The van der Waals surface area contributed by atoms with Crippen LogP contribution < -0.4 is 0 Å². The molecule has 4 nitrogen and oxygen atoms in total. The van der Waals surface area contributed by atoms with Gasteiger partial charge >= 0.3 is 0 Å². The summed E-state index contributed by atoms with van der Waals surface area (Å²) < 4.78 is 55.1. The molecule has 0 bridgehead atoms. The number of hydrogen-bond donors (Lipinski definition) is 0. The first-order valence-corrected chi connectivity index (χ1v) is 17.4. The van der Waals surface area contributed by atoms with E-state index in [9.17, 15) is 0 Å². The van der Waals surface area contributed by atoms with E-state index in [1.807, 2.05) is 115 Å². The predicted octanol–water partition coefficient (Wildman–Crippen LogP) is 12.5. The van der Waals surface area contributed by atoms with Gasteiger partial charge in [0.05, 0.1) is 19.3 Å². The molecule has 0 aliphatic rings. The molecule has 0 aliphatic heterocycles. The maximum Gasteiger partial charge on any atom is 0.164 e. The topological polar surface area (TPSA) is 43.6 Å². The Kier molecular flexibility index (Phi) is 6.04. The van der Waals surface area contributed by atoms with Crippen molar-refractivity contribution in [2.24, 2.45) is 0 Å². The van der Waals surface area contributed by atoms with Crippen molar-refractivity contribution >= 4 is 32.6 Å². The van der Waals surface area contributed by atoms with E-state index in [2.05, 4.69) is 30.3 Å². The van der Waals surface area contributed by atoms with Gasteiger partial charge in [-0.15, -0.1) is 0 Å². The third-order valence-corrected chi connectivity index (χ3v) is 9.55. The zero-order chi connectivity index (χ0) is 40.4. The summed E-state index contributed by atoms with van der Waals surface area (Å²) in [4.78, 5) is 15.2. The highest BCUT2D eigenvalue weighted by molar-refractivity contribution is 6.09. The Morgan fingerprint density at radius 3 is 1.42 bits per heavy atom. The summed E-state index contributed by atoms with van der Waals surface area (Å²) in [7, 11) is 0. The fourth-order valence-electron chi connectivity index (χ4n) is 7.06. The van der Waals surface area contributed by atoms with Gasteiger partial charge in [0, 0.05) is 33.2 Å². The smallest absolute Gasteiger partial charge is 0.164 e. The number of rotatable bonds is 6. The zero-order valence-corrected chi connectivity index (χ0v) is 28.3. The Hall–Kier alpha value is -7.17. The molecular weight excluding hydrogens is 645 g/mol. The lowest BCUT2D eigenvalue weighted by Crippen LogP contribution is -2.01. The summed E-state index contributed by atoms with van der Waals surface area (Å²) in [6, 6.07) is 50.1. The molecule has 53 heavy (non-hydrogen) atoms. The molecule has 0 atom stereocenters. The molecule has 10 rings (SSSR count). The van der Waals surface area contributed by atoms with Crippen LogP contribution in [0.2, 0.25) is 0 Å². The lowest BCUT2D eigenvalue weighted by atomic mass is 9.92. The Morgan fingerprint density at radius 1 is 0.377 bits per heavy atom. The molecular formula is C49H32N4. The van der Waals surface area contributed by atoms with Crippen molar-refractivity contribution in [1.82, 2.24) is 19.5 Å². The van der Waals surface area contributed by atoms with E-state index in [1.54, 1.807) is 4.57 Å². The maximum atomic E-state index is 9.16. The van der Waals surface area contributed by atoms with Crippen LogP contribution in [0.3, 0.4) is 0 Å². The largest absolute Gasteiger partial charge is 0.309 e. The summed E-state index contributed by atoms with van der Waals surface area (Å²) in [6.45, 7) is 0. The molecule has 0 saturated heterocycles. The van der Waals surface area contributed by atoms with Gasteiger partial charge in [0.2, 0.25) is 0 Å². The van der Waals surface area contributed by atoms with Crippen molar-refractivity contribution in [3.63, 3.8) is 0 Å². The standard InChI is InChI=1S/C49H32N4/c1-4-16-33(17-5-1)38-28-39(30-40(29-38)53-45-26-14-12-24-41(45)42-25-13-15-27-46(42)53)43-31-36-22-10-11-23-37(36)32-44(43)49-51-47(34-18-6-2-7-19-34)50-48(52-49)35-20-8-3-9-21-35/h1-32H/i12D,13D,24D,25D,26D,27D. The van der Waals surface area contributed by atoms with Crippen molar-refractivity contribution in [3.8, 4) is 62.1 Å². The molecule has 0 saturated carbocycles. The lowest BCUT2D eigenvalue weighted by molar-refractivity contribution is 1.07. The van der Waals surface area contributed by atoms with E-state index >= 15 is 0 Å². The average molecular weight is 683 g/mol. The van der Waals surface area contributed by atoms with Gasteiger partial charge in [-0.2, -0.15) is 0 Å². The zero-order valence-electron chi connectivity index (χ0n) is 34.3. The van der Waals surface area contributed by atoms with E-state index in [-0.39, 0.29) is 47.0 Å². The van der Waals surface area contributed by atoms with E-state index in [0.29, 0.717) is 34.2 Å². The van der Waals surface area contributed by atoms with Gasteiger partial charge in [-0.3, -0.25) is 0 Å². The Labute approximate surface area is 315 Å². The molecule has 0 fully saturated rings. The van der Waals surface area contributed by atoms with Crippen molar-refractivity contribution in [2.45, 2.75) is 0 Å². The van der Waals surface area contributed by atoms with Gasteiger partial charge in [-0.05, 0) is 75.4 Å². The number of nitrogens with zero attached hydrogens (tertiary/aromatic N) is 4. The first-order chi connectivity index (χ1) is 28.7. The minimum Gasteiger partial charge on any atom is -0.309 e. The van der Waals surface area contributed by atoms with Crippen molar-refractivity contribution in [2.75, 3.05) is 0 Å². The SMILES string of the molecule is [2H]c1cc([2H])c2c(c1[2H])c1c([2H])c([2H])cc([2H])c1n2-c1cc(-c2ccccc2)cc(-c2cc3ccccc3cc2-c2nc(-c3ccccc3)nc(-c3ccccc3)n2)c1. The summed E-state index contributed by atoms with van der Waals surface area (Å²) in [5.74, 6) is 1.54. The van der Waals surface area contributed by atoms with Crippen LogP contribution in [0.15, 0.2) is 194 Å². The molecule has 0 aliphatic carbocycles. The lowest BCUT2D eigenvalue weighted by Gasteiger charge is -2.17. The van der Waals surface area contributed by atoms with Gasteiger partial charge in [0.1, 0.15) is 0 Å². The first-order valence-electron chi connectivity index (χ1n) is 20.4. The fraction of sp³-hybridized carbons (Fsp3) is 0. The average Bonchev–Trinajstić information content (AvgIpc) is 3.66. The molecule has 2 aromatic heterocycles. The van der Waals surface area contributed by atoms with Gasteiger partial charge in [-0.25, -0.2) is 15.0 Å². The van der Waals surface area contributed by atoms with Gasteiger partial charge in [0.15, 0.2) is 17.5 Å². The number of fused-ring (bicyclic) bond motifs is 4. The molecule has 0 amide bonds. The normalized spacial score (nSPS) is 13.0. The van der Waals surface area contributed by atoms with Crippen molar-refractivity contribution in [3.05, 3.63) is 194 Å². The molecule has 0 radical (unpaired) electrons. The first kappa shape index (κ1) is 24.9. The third kappa shape index (κ3) is 5.54. The van der Waals surface area contributed by atoms with Crippen LogP contribution in [0, 0.1) is 0 Å². The number of para-hydroxylation sites is 2. The van der Waals surface area contributed by atoms with Crippen molar-refractivity contribution < 1.29 is 8.22 Å². The molecule has 4 heteroatoms. The van der Waals surface area contributed by atoms with Gasteiger partial charge < -0.3 is 4.57 Å². The Balaban J connectivity index is 1.32. The van der Waals surface area contributed by atoms with Gasteiger partial charge in [0.25, 0.3) is 0 Å².